The predicted molar refractivity (Wildman–Crippen MR) is 54.4 cm³/mol. The lowest BCUT2D eigenvalue weighted by Gasteiger charge is -2.02. The maximum atomic E-state index is 11.1. The minimum absolute atomic E-state index is 0.0385. The van der Waals surface area contributed by atoms with Crippen LogP contribution in [-0.2, 0) is 11.4 Å². The second kappa shape index (κ2) is 5.05. The first-order valence-electron chi connectivity index (χ1n) is 4.20. The van der Waals surface area contributed by atoms with Crippen molar-refractivity contribution in [2.75, 3.05) is 5.32 Å². The lowest BCUT2D eigenvalue weighted by atomic mass is 10.2. The largest absolute Gasteiger partial charge is 0.392 e. The van der Waals surface area contributed by atoms with E-state index in [1.807, 2.05) is 0 Å². The van der Waals surface area contributed by atoms with Crippen LogP contribution in [0.1, 0.15) is 12.5 Å². The van der Waals surface area contributed by atoms with Gasteiger partial charge in [-0.25, -0.2) is 0 Å². The number of aliphatic hydroxyl groups is 1. The first kappa shape index (κ1) is 10.3. The third-order valence-electron chi connectivity index (χ3n) is 1.61. The van der Waals surface area contributed by atoms with Crippen molar-refractivity contribution in [3.8, 4) is 11.8 Å². The molecule has 0 aromatic heterocycles. The summed E-state index contributed by atoms with van der Waals surface area (Å²) in [6.07, 6.45) is 0. The fraction of sp³-hybridized carbons (Fsp3) is 0.182. The average molecular weight is 189 g/mol. The van der Waals surface area contributed by atoms with E-state index in [0.29, 0.717) is 5.69 Å². The van der Waals surface area contributed by atoms with Gasteiger partial charge in [0.15, 0.2) is 0 Å². The normalized spacial score (nSPS) is 8.71. The maximum absolute atomic E-state index is 11.1. The van der Waals surface area contributed by atoms with Crippen LogP contribution in [0, 0.1) is 11.8 Å². The Morgan fingerprint density at radius 3 is 3.00 bits per heavy atom. The zero-order valence-corrected chi connectivity index (χ0v) is 7.87. The summed E-state index contributed by atoms with van der Waals surface area (Å²) in [6.45, 7) is 1.56. The van der Waals surface area contributed by atoms with Crippen LogP contribution in [0.2, 0.25) is 0 Å². The van der Waals surface area contributed by atoms with E-state index in [1.54, 1.807) is 31.2 Å². The summed E-state index contributed by atoms with van der Waals surface area (Å²) in [5, 5.41) is 11.5. The molecular weight excluding hydrogens is 178 g/mol. The molecule has 14 heavy (non-hydrogen) atoms. The summed E-state index contributed by atoms with van der Waals surface area (Å²) in [4.78, 5) is 11.1. The van der Waals surface area contributed by atoms with E-state index in [9.17, 15) is 4.79 Å². The molecule has 0 radical (unpaired) electrons. The molecule has 0 saturated carbocycles. The van der Waals surface area contributed by atoms with Gasteiger partial charge in [-0.05, 0) is 30.5 Å². The second-order valence-corrected chi connectivity index (χ2v) is 2.69. The van der Waals surface area contributed by atoms with E-state index < -0.39 is 0 Å². The minimum atomic E-state index is -0.345. The molecule has 0 aliphatic heterocycles. The van der Waals surface area contributed by atoms with E-state index in [1.165, 1.54) is 0 Å². The van der Waals surface area contributed by atoms with E-state index in [2.05, 4.69) is 17.2 Å². The molecule has 0 unspecified atom stereocenters. The first-order valence-corrected chi connectivity index (χ1v) is 4.20. The van der Waals surface area contributed by atoms with Crippen molar-refractivity contribution in [3.05, 3.63) is 29.8 Å². The Labute approximate surface area is 82.8 Å². The number of carbonyl (C=O) groups excluding carboxylic acids is 1. The Kier molecular flexibility index (Phi) is 3.71. The van der Waals surface area contributed by atoms with E-state index in [4.69, 9.17) is 5.11 Å². The van der Waals surface area contributed by atoms with Crippen molar-refractivity contribution < 1.29 is 9.90 Å². The molecule has 3 nitrogen and oxygen atoms in total. The van der Waals surface area contributed by atoms with E-state index in [0.717, 1.165) is 5.56 Å². The van der Waals surface area contributed by atoms with Crippen LogP contribution in [0.4, 0.5) is 5.69 Å². The average Bonchev–Trinajstić information content (AvgIpc) is 2.18. The van der Waals surface area contributed by atoms with Crippen LogP contribution in [0.15, 0.2) is 24.3 Å². The third kappa shape index (κ3) is 2.92. The van der Waals surface area contributed by atoms with Crippen LogP contribution >= 0.6 is 0 Å². The zero-order valence-electron chi connectivity index (χ0n) is 7.87. The number of hydrogen-bond donors (Lipinski definition) is 2. The quantitative estimate of drug-likeness (QED) is 0.685. The highest BCUT2D eigenvalue weighted by molar-refractivity contribution is 6.03. The van der Waals surface area contributed by atoms with Gasteiger partial charge in [-0.15, -0.1) is 0 Å². The molecule has 0 aliphatic rings. The lowest BCUT2D eigenvalue weighted by molar-refractivity contribution is -0.111. The molecule has 0 spiro atoms. The molecule has 0 fully saturated rings. The molecule has 72 valence electrons. The molecule has 0 bridgehead atoms. The molecule has 1 rings (SSSR count). The number of benzene rings is 1. The molecule has 1 aromatic rings. The summed E-state index contributed by atoms with van der Waals surface area (Å²) >= 11 is 0. The van der Waals surface area contributed by atoms with Crippen molar-refractivity contribution >= 4 is 11.6 Å². The fourth-order valence-electron chi connectivity index (χ4n) is 1.02. The smallest absolute Gasteiger partial charge is 0.300 e. The Balaban J connectivity index is 2.75. The van der Waals surface area contributed by atoms with Gasteiger partial charge in [-0.2, -0.15) is 0 Å². The van der Waals surface area contributed by atoms with Crippen molar-refractivity contribution in [1.82, 2.24) is 0 Å². The van der Waals surface area contributed by atoms with Gasteiger partial charge in [0.1, 0.15) is 0 Å². The minimum Gasteiger partial charge on any atom is -0.392 e. The highest BCUT2D eigenvalue weighted by Crippen LogP contribution is 2.09. The molecule has 2 N–H and O–H groups in total. The topological polar surface area (TPSA) is 49.3 Å². The van der Waals surface area contributed by atoms with E-state index >= 15 is 0 Å². The number of nitrogens with one attached hydrogen (secondary N) is 1. The monoisotopic (exact) mass is 189 g/mol. The van der Waals surface area contributed by atoms with Gasteiger partial charge in [0.25, 0.3) is 5.91 Å². The van der Waals surface area contributed by atoms with Crippen molar-refractivity contribution in [3.63, 3.8) is 0 Å². The van der Waals surface area contributed by atoms with Crippen LogP contribution in [0.3, 0.4) is 0 Å². The van der Waals surface area contributed by atoms with Crippen molar-refractivity contribution in [1.29, 1.82) is 0 Å². The highest BCUT2D eigenvalue weighted by atomic mass is 16.3. The van der Waals surface area contributed by atoms with Gasteiger partial charge in [-0.1, -0.05) is 18.1 Å². The first-order chi connectivity index (χ1) is 6.76. The molecule has 3 heteroatoms. The number of hydrogen-bond acceptors (Lipinski definition) is 2. The molecular formula is C11H11NO2. The maximum Gasteiger partial charge on any atom is 0.300 e. The van der Waals surface area contributed by atoms with Gasteiger partial charge in [0, 0.05) is 5.69 Å². The molecule has 1 aromatic carbocycles. The van der Waals surface area contributed by atoms with E-state index in [-0.39, 0.29) is 12.5 Å². The highest BCUT2D eigenvalue weighted by Gasteiger charge is 1.98. The summed E-state index contributed by atoms with van der Waals surface area (Å²) in [5.41, 5.74) is 1.40. The number of rotatable bonds is 2. The summed E-state index contributed by atoms with van der Waals surface area (Å²) in [6, 6.07) is 6.99. The number of aliphatic hydroxyl groups excluding tert-OH is 1. The standard InChI is InChI=1S/C11H11NO2/c1-2-4-11(14)12-10-6-3-5-9(7-10)8-13/h3,5-7,13H,8H2,1H3,(H,12,14). The van der Waals surface area contributed by atoms with Crippen LogP contribution < -0.4 is 5.32 Å². The summed E-state index contributed by atoms with van der Waals surface area (Å²) in [5.74, 6) is 4.53. The van der Waals surface area contributed by atoms with Gasteiger partial charge >= 0.3 is 0 Å². The Morgan fingerprint density at radius 2 is 2.36 bits per heavy atom. The van der Waals surface area contributed by atoms with Gasteiger partial charge in [0.05, 0.1) is 6.61 Å². The van der Waals surface area contributed by atoms with Crippen molar-refractivity contribution in [2.24, 2.45) is 0 Å². The SMILES string of the molecule is CC#CC(=O)Nc1cccc(CO)c1. The van der Waals surface area contributed by atoms with Crippen LogP contribution in [0.5, 0.6) is 0 Å². The fourth-order valence-corrected chi connectivity index (χ4v) is 1.02. The Morgan fingerprint density at radius 1 is 1.57 bits per heavy atom. The Hall–Kier alpha value is -1.79. The third-order valence-corrected chi connectivity index (χ3v) is 1.61. The number of amides is 1. The number of anilines is 1. The van der Waals surface area contributed by atoms with Gasteiger partial charge in [0.2, 0.25) is 0 Å². The summed E-state index contributed by atoms with van der Waals surface area (Å²) < 4.78 is 0. The number of carbonyl (C=O) groups is 1. The van der Waals surface area contributed by atoms with Crippen LogP contribution in [-0.4, -0.2) is 11.0 Å². The molecule has 1 amide bonds. The Bertz CT molecular complexity index is 388. The predicted octanol–water partition coefficient (Wildman–Crippen LogP) is 1.14. The van der Waals surface area contributed by atoms with Crippen LogP contribution in [0.25, 0.3) is 0 Å². The second-order valence-electron chi connectivity index (χ2n) is 2.69. The van der Waals surface area contributed by atoms with Crippen molar-refractivity contribution in [2.45, 2.75) is 13.5 Å². The van der Waals surface area contributed by atoms with Gasteiger partial charge < -0.3 is 10.4 Å². The molecule has 0 saturated heterocycles. The summed E-state index contributed by atoms with van der Waals surface area (Å²) in [7, 11) is 0. The molecule has 0 aliphatic carbocycles. The molecule has 0 heterocycles. The van der Waals surface area contributed by atoms with Gasteiger partial charge in [-0.3, -0.25) is 4.79 Å². The zero-order chi connectivity index (χ0) is 10.4. The molecule has 0 atom stereocenters. The lowest BCUT2D eigenvalue weighted by Crippen LogP contribution is -2.08.